The van der Waals surface area contributed by atoms with E-state index in [0.717, 1.165) is 46.9 Å². The van der Waals surface area contributed by atoms with Crippen LogP contribution in [0.5, 0.6) is 23.0 Å². The van der Waals surface area contributed by atoms with Crippen LogP contribution in [-0.4, -0.2) is 116 Å². The Morgan fingerprint density at radius 3 is 1.43 bits per heavy atom. The van der Waals surface area contributed by atoms with E-state index in [1.807, 2.05) is 47.4 Å². The van der Waals surface area contributed by atoms with Crippen LogP contribution in [0, 0.1) is 25.5 Å². The Morgan fingerprint density at radius 2 is 1.03 bits per heavy atom. The lowest BCUT2D eigenvalue weighted by molar-refractivity contribution is 0.390. The van der Waals surface area contributed by atoms with Crippen LogP contribution in [0.1, 0.15) is 28.9 Å². The highest BCUT2D eigenvalue weighted by atomic mass is 79.9. The Kier molecular flexibility index (Phi) is 17.5. The maximum Gasteiger partial charge on any atom is 0.209 e. The van der Waals surface area contributed by atoms with E-state index in [-0.39, 0.29) is 41.8 Å². The number of hydrogen-bond donors (Lipinski definition) is 1. The number of primary sulfonamides is 1. The van der Waals surface area contributed by atoms with E-state index in [9.17, 15) is 25.6 Å². The fourth-order valence-electron chi connectivity index (χ4n) is 6.09. The zero-order chi connectivity index (χ0) is 49.9. The van der Waals surface area contributed by atoms with Crippen LogP contribution in [0.2, 0.25) is 0 Å². The molecule has 28 heteroatoms. The SMILES string of the molecule is COc1cccc(OC)c1-n1c(Br)nnc1-c1nc(C)cs1.COc1cccc(OC)c1-n1c(CS(=O)(=O)CCc2ncc(F)cn2)nnc1-c1nc(C)cs1.NS(=O)(=O)CCc1ncc(F)cn1. The molecule has 8 rings (SSSR count). The summed E-state index contributed by atoms with van der Waals surface area (Å²) in [5.41, 5.74) is 2.94. The molecule has 0 saturated carbocycles. The topological polar surface area (TPSA) is 270 Å². The van der Waals surface area contributed by atoms with Crippen LogP contribution in [-0.2, 0) is 38.5 Å². The van der Waals surface area contributed by atoms with Gasteiger partial charge in [0.15, 0.2) is 49.0 Å². The minimum atomic E-state index is -3.67. The molecule has 0 spiro atoms. The highest BCUT2D eigenvalue weighted by Crippen LogP contribution is 2.39. The van der Waals surface area contributed by atoms with Crippen molar-refractivity contribution in [2.45, 2.75) is 32.4 Å². The molecule has 0 fully saturated rings. The molecule has 69 heavy (non-hydrogen) atoms. The summed E-state index contributed by atoms with van der Waals surface area (Å²) in [5.74, 6) is 1.85. The summed E-state index contributed by atoms with van der Waals surface area (Å²) in [6, 6.07) is 10.8. The smallest absolute Gasteiger partial charge is 0.209 e. The van der Waals surface area contributed by atoms with E-state index in [0.29, 0.717) is 50.1 Å². The summed E-state index contributed by atoms with van der Waals surface area (Å²) in [6.07, 6.45) is 4.09. The Balaban J connectivity index is 0.000000190. The van der Waals surface area contributed by atoms with Gasteiger partial charge >= 0.3 is 0 Å². The number of sulfone groups is 1. The average molecular weight is 1090 g/mol. The van der Waals surface area contributed by atoms with E-state index in [2.05, 4.69) is 66.2 Å². The van der Waals surface area contributed by atoms with Crippen LogP contribution in [0.15, 0.2) is 76.7 Å². The molecule has 0 amide bonds. The van der Waals surface area contributed by atoms with Gasteiger partial charge in [-0.1, -0.05) is 12.1 Å². The van der Waals surface area contributed by atoms with E-state index >= 15 is 0 Å². The normalized spacial score (nSPS) is 11.3. The number of aryl methyl sites for hydroxylation is 4. The van der Waals surface area contributed by atoms with Crippen LogP contribution in [0.3, 0.4) is 0 Å². The van der Waals surface area contributed by atoms with Crippen molar-refractivity contribution >= 4 is 58.5 Å². The number of benzene rings is 2. The zero-order valence-electron chi connectivity index (χ0n) is 37.4. The molecule has 8 aromatic rings. The van der Waals surface area contributed by atoms with Crippen LogP contribution in [0.25, 0.3) is 33.0 Å². The number of sulfonamides is 1. The number of aromatic nitrogens is 12. The number of rotatable bonds is 16. The van der Waals surface area contributed by atoms with Gasteiger partial charge in [0.2, 0.25) is 14.8 Å². The Bertz CT molecular complexity index is 3180. The third-order valence-electron chi connectivity index (χ3n) is 9.17. The van der Waals surface area contributed by atoms with Gasteiger partial charge in [0.05, 0.1) is 64.7 Å². The van der Waals surface area contributed by atoms with E-state index < -0.39 is 37.2 Å². The van der Waals surface area contributed by atoms with Crippen molar-refractivity contribution in [1.82, 2.24) is 59.4 Å². The van der Waals surface area contributed by atoms with Crippen molar-refractivity contribution in [3.8, 4) is 56.0 Å². The van der Waals surface area contributed by atoms with Gasteiger partial charge in [0.1, 0.15) is 51.8 Å². The predicted octanol–water partition coefficient (Wildman–Crippen LogP) is 5.73. The van der Waals surface area contributed by atoms with Crippen LogP contribution in [0.4, 0.5) is 8.78 Å². The lowest BCUT2D eigenvalue weighted by Crippen LogP contribution is -2.18. The number of para-hydroxylation sites is 2. The molecule has 6 heterocycles. The second-order valence-electron chi connectivity index (χ2n) is 14.1. The quantitative estimate of drug-likeness (QED) is 0.121. The summed E-state index contributed by atoms with van der Waals surface area (Å²) >= 11 is 6.32. The minimum Gasteiger partial charge on any atom is -0.494 e. The highest BCUT2D eigenvalue weighted by Gasteiger charge is 2.27. The van der Waals surface area contributed by atoms with Crippen molar-refractivity contribution in [3.05, 3.63) is 117 Å². The first-order valence-electron chi connectivity index (χ1n) is 19.9. The first-order chi connectivity index (χ1) is 32.9. The number of halogens is 3. The van der Waals surface area contributed by atoms with Gasteiger partial charge in [-0.25, -0.2) is 60.7 Å². The lowest BCUT2D eigenvalue weighted by atomic mass is 10.2. The number of nitrogens with two attached hydrogens (primary N) is 1. The van der Waals surface area contributed by atoms with Gasteiger partial charge in [-0.05, 0) is 54.0 Å². The molecule has 0 radical (unpaired) electrons. The molecular weight excluding hydrogens is 1050 g/mol. The van der Waals surface area contributed by atoms with Gasteiger partial charge < -0.3 is 18.9 Å². The van der Waals surface area contributed by atoms with Crippen molar-refractivity contribution < 1.29 is 44.6 Å². The van der Waals surface area contributed by atoms with Gasteiger partial charge in [-0.2, -0.15) is 0 Å². The highest BCUT2D eigenvalue weighted by molar-refractivity contribution is 9.10. The molecule has 21 nitrogen and oxygen atoms in total. The molecule has 0 unspecified atom stereocenters. The molecule has 6 aromatic heterocycles. The average Bonchev–Trinajstić information content (AvgIpc) is 4.15. The van der Waals surface area contributed by atoms with Gasteiger partial charge in [0, 0.05) is 35.0 Å². The molecule has 0 saturated heterocycles. The number of methoxy groups -OCH3 is 4. The maximum absolute atomic E-state index is 13.0. The van der Waals surface area contributed by atoms with Gasteiger partial charge in [0.25, 0.3) is 0 Å². The summed E-state index contributed by atoms with van der Waals surface area (Å²) < 4.78 is 98.4. The van der Waals surface area contributed by atoms with Crippen molar-refractivity contribution in [2.75, 3.05) is 39.9 Å². The summed E-state index contributed by atoms with van der Waals surface area (Å²) in [5, 5.41) is 26.7. The lowest BCUT2D eigenvalue weighted by Gasteiger charge is -2.16. The number of nitrogens with zero attached hydrogens (tertiary/aromatic N) is 12. The standard InChI is InChI=1S/C21H21FN6O4S2.C14H13BrN4O2S.C6H8FN3O2S/c1-13-11-33-21(25-13)20-27-26-18(28(20)19-15(31-2)5-4-6-16(19)32-3)12-34(29,30)8-7-17-23-9-14(22)10-24-17;1-8-7-22-13(16-8)12-17-18-14(15)19(12)11-9(20-2)5-4-6-10(11)21-3;7-5-3-9-6(10-4-5)1-2-13(8,11)12/h4-6,9-11H,7-8,12H2,1-3H3;4-7H,1-3H3;3-4H,1-2H2,(H2,8,11,12). The Labute approximate surface area is 410 Å². The molecule has 364 valence electrons. The number of ether oxygens (including phenoxy) is 4. The molecule has 2 N–H and O–H groups in total. The monoisotopic (exact) mass is 1090 g/mol. The Hall–Kier alpha value is -6.46. The van der Waals surface area contributed by atoms with Crippen LogP contribution < -0.4 is 24.1 Å². The third-order valence-corrected chi connectivity index (χ3v) is 13.9. The number of thiazole rings is 2. The van der Waals surface area contributed by atoms with Gasteiger partial charge in [-0.15, -0.1) is 43.1 Å². The molecule has 0 aliphatic heterocycles. The second kappa shape index (κ2) is 23.2. The molecular formula is C41H42BrF2N13O8S4. The fourth-order valence-corrected chi connectivity index (χ4v) is 9.74. The summed E-state index contributed by atoms with van der Waals surface area (Å²) in [7, 11) is -0.931. The van der Waals surface area contributed by atoms with E-state index in [1.165, 1.54) is 36.9 Å². The molecule has 0 aliphatic rings. The second-order valence-corrected chi connectivity index (χ2v) is 20.5. The first-order valence-corrected chi connectivity index (χ1v) is 26.0. The van der Waals surface area contributed by atoms with Crippen molar-refractivity contribution in [1.29, 1.82) is 0 Å². The van der Waals surface area contributed by atoms with Crippen molar-refractivity contribution in [3.63, 3.8) is 0 Å². The molecule has 0 bridgehead atoms. The maximum atomic E-state index is 13.0. The fraction of sp³-hybridized carbons (Fsp3) is 0.268. The summed E-state index contributed by atoms with van der Waals surface area (Å²) in [4.78, 5) is 23.8. The molecule has 0 atom stereocenters. The van der Waals surface area contributed by atoms with Crippen molar-refractivity contribution in [2.24, 2.45) is 5.14 Å². The van der Waals surface area contributed by atoms with Crippen LogP contribution >= 0.6 is 38.6 Å². The molecule has 2 aromatic carbocycles. The third kappa shape index (κ3) is 13.6. The Morgan fingerprint density at radius 1 is 0.623 bits per heavy atom. The minimum absolute atomic E-state index is 0.0350. The number of hydrogen-bond acceptors (Lipinski definition) is 20. The first kappa shape index (κ1) is 51.9. The summed E-state index contributed by atoms with van der Waals surface area (Å²) in [6.45, 7) is 3.80. The largest absolute Gasteiger partial charge is 0.494 e. The van der Waals surface area contributed by atoms with Gasteiger partial charge in [-0.3, -0.25) is 9.13 Å². The zero-order valence-corrected chi connectivity index (χ0v) is 42.3. The van der Waals surface area contributed by atoms with E-state index in [4.69, 9.17) is 24.1 Å². The molecule has 0 aliphatic carbocycles. The van der Waals surface area contributed by atoms with E-state index in [1.54, 1.807) is 37.0 Å². The predicted molar refractivity (Wildman–Crippen MR) is 255 cm³/mol.